The monoisotopic (exact) mass is 283 g/mol. The van der Waals surface area contributed by atoms with Crippen LogP contribution in [0.4, 0.5) is 5.13 Å². The van der Waals surface area contributed by atoms with E-state index in [0.29, 0.717) is 23.1 Å². The van der Waals surface area contributed by atoms with E-state index in [-0.39, 0.29) is 5.91 Å². The van der Waals surface area contributed by atoms with Gasteiger partial charge in [0.1, 0.15) is 5.01 Å². The molecule has 18 heavy (non-hydrogen) atoms. The lowest BCUT2D eigenvalue weighted by molar-refractivity contribution is -0.120. The zero-order valence-corrected chi connectivity index (χ0v) is 11.7. The van der Waals surface area contributed by atoms with Crippen LogP contribution in [0.3, 0.4) is 0 Å². The Morgan fingerprint density at radius 1 is 1.33 bits per heavy atom. The quantitative estimate of drug-likeness (QED) is 0.874. The first kappa shape index (κ1) is 12.9. The highest BCUT2D eigenvalue weighted by molar-refractivity contribution is 7.15. The van der Waals surface area contributed by atoms with E-state index in [1.165, 1.54) is 11.3 Å². The maximum absolute atomic E-state index is 11.7. The van der Waals surface area contributed by atoms with Crippen LogP contribution >= 0.6 is 22.7 Å². The fraction of sp³-hybridized carbons (Fsp3) is 0.400. The zero-order valence-electron chi connectivity index (χ0n) is 10.1. The molecule has 0 aliphatic heterocycles. The maximum Gasteiger partial charge on any atom is 0.225 e. The summed E-state index contributed by atoms with van der Waals surface area (Å²) in [6.45, 7) is 4.21. The van der Waals surface area contributed by atoms with Gasteiger partial charge in [0.25, 0.3) is 0 Å². The van der Waals surface area contributed by atoms with Crippen molar-refractivity contribution < 1.29 is 4.79 Å². The minimum Gasteiger partial charge on any atom is -0.374 e. The summed E-state index contributed by atoms with van der Waals surface area (Å²) in [6, 6.07) is 0. The van der Waals surface area contributed by atoms with Gasteiger partial charge in [-0.25, -0.2) is 4.98 Å². The second-order valence-electron chi connectivity index (χ2n) is 3.73. The lowest BCUT2D eigenvalue weighted by Gasteiger charge is -2.01. The number of hydrogen-bond acceptors (Lipinski definition) is 7. The van der Waals surface area contributed by atoms with Gasteiger partial charge < -0.3 is 11.1 Å². The van der Waals surface area contributed by atoms with Gasteiger partial charge in [0, 0.05) is 4.88 Å². The molecule has 0 saturated heterocycles. The Bertz CT molecular complexity index is 562. The molecule has 0 radical (unpaired) electrons. The van der Waals surface area contributed by atoms with Crippen molar-refractivity contribution in [3.63, 3.8) is 0 Å². The summed E-state index contributed by atoms with van der Waals surface area (Å²) in [5, 5.41) is 12.4. The number of thiazole rings is 1. The predicted octanol–water partition coefficient (Wildman–Crippen LogP) is 1.05. The molecule has 0 aromatic carbocycles. The van der Waals surface area contributed by atoms with Crippen molar-refractivity contribution in [2.45, 2.75) is 26.8 Å². The summed E-state index contributed by atoms with van der Waals surface area (Å²) in [7, 11) is 0. The van der Waals surface area contributed by atoms with E-state index in [0.717, 1.165) is 15.6 Å². The number of nitrogens with zero attached hydrogens (tertiary/aromatic N) is 3. The molecule has 0 spiro atoms. The summed E-state index contributed by atoms with van der Waals surface area (Å²) >= 11 is 2.83. The van der Waals surface area contributed by atoms with Crippen molar-refractivity contribution in [2.75, 3.05) is 5.73 Å². The smallest absolute Gasteiger partial charge is 0.225 e. The summed E-state index contributed by atoms with van der Waals surface area (Å²) in [4.78, 5) is 17.0. The van der Waals surface area contributed by atoms with Gasteiger partial charge in [-0.1, -0.05) is 11.3 Å². The first-order chi connectivity index (χ1) is 8.54. The third-order valence-corrected chi connectivity index (χ3v) is 4.07. The van der Waals surface area contributed by atoms with E-state index in [2.05, 4.69) is 20.5 Å². The average molecular weight is 283 g/mol. The number of carbonyl (C=O) groups excluding carboxylic acids is 1. The molecule has 2 heterocycles. The first-order valence-corrected chi connectivity index (χ1v) is 6.95. The molecule has 8 heteroatoms. The number of nitrogen functional groups attached to an aromatic ring is 1. The Hall–Kier alpha value is -1.54. The zero-order chi connectivity index (χ0) is 13.1. The molecular formula is C10H13N5OS2. The van der Waals surface area contributed by atoms with Crippen LogP contribution in [-0.4, -0.2) is 21.1 Å². The van der Waals surface area contributed by atoms with Crippen LogP contribution < -0.4 is 11.1 Å². The molecule has 0 unspecified atom stereocenters. The highest BCUT2D eigenvalue weighted by Gasteiger charge is 2.10. The molecule has 6 nitrogen and oxygen atoms in total. The Labute approximate surface area is 112 Å². The topological polar surface area (TPSA) is 93.8 Å². The highest BCUT2D eigenvalue weighted by atomic mass is 32.1. The Kier molecular flexibility index (Phi) is 3.87. The van der Waals surface area contributed by atoms with Crippen molar-refractivity contribution in [1.82, 2.24) is 20.5 Å². The molecule has 3 N–H and O–H groups in total. The van der Waals surface area contributed by atoms with Crippen LogP contribution in [0.15, 0.2) is 0 Å². The Balaban J connectivity index is 1.87. The second kappa shape index (κ2) is 5.40. The van der Waals surface area contributed by atoms with Crippen molar-refractivity contribution in [3.8, 4) is 0 Å². The van der Waals surface area contributed by atoms with Gasteiger partial charge in [-0.15, -0.1) is 21.5 Å². The van der Waals surface area contributed by atoms with Gasteiger partial charge in [0.05, 0.1) is 23.7 Å². The Morgan fingerprint density at radius 2 is 2.11 bits per heavy atom. The van der Waals surface area contributed by atoms with Gasteiger partial charge in [0.2, 0.25) is 11.0 Å². The second-order valence-corrected chi connectivity index (χ2v) is 6.11. The third kappa shape index (κ3) is 3.23. The number of rotatable bonds is 4. The van der Waals surface area contributed by atoms with Crippen molar-refractivity contribution >= 4 is 33.7 Å². The normalized spacial score (nSPS) is 10.6. The van der Waals surface area contributed by atoms with Gasteiger partial charge in [-0.05, 0) is 13.8 Å². The van der Waals surface area contributed by atoms with Gasteiger partial charge in [-0.3, -0.25) is 4.79 Å². The molecule has 0 bridgehead atoms. The number of anilines is 1. The van der Waals surface area contributed by atoms with E-state index >= 15 is 0 Å². The van der Waals surface area contributed by atoms with E-state index < -0.39 is 0 Å². The molecular weight excluding hydrogens is 270 g/mol. The minimum atomic E-state index is -0.0458. The maximum atomic E-state index is 11.7. The number of nitrogens with two attached hydrogens (primary N) is 1. The Morgan fingerprint density at radius 3 is 2.67 bits per heavy atom. The van der Waals surface area contributed by atoms with Crippen molar-refractivity contribution in [3.05, 3.63) is 20.6 Å². The van der Waals surface area contributed by atoms with Gasteiger partial charge in [-0.2, -0.15) is 0 Å². The number of nitrogens with one attached hydrogen (secondary N) is 1. The molecule has 96 valence electrons. The largest absolute Gasteiger partial charge is 0.374 e. The molecule has 0 aliphatic rings. The number of aromatic nitrogens is 3. The third-order valence-electron chi connectivity index (χ3n) is 2.24. The van der Waals surface area contributed by atoms with E-state index in [1.807, 2.05) is 13.8 Å². The fourth-order valence-corrected chi connectivity index (χ4v) is 2.94. The van der Waals surface area contributed by atoms with Gasteiger partial charge >= 0.3 is 0 Å². The van der Waals surface area contributed by atoms with Crippen LogP contribution in [-0.2, 0) is 17.8 Å². The van der Waals surface area contributed by atoms with Crippen LogP contribution in [0.5, 0.6) is 0 Å². The lowest BCUT2D eigenvalue weighted by Crippen LogP contribution is -2.24. The first-order valence-electron chi connectivity index (χ1n) is 5.32. The number of carbonyl (C=O) groups is 1. The molecule has 2 aromatic rings. The van der Waals surface area contributed by atoms with Crippen molar-refractivity contribution in [1.29, 1.82) is 0 Å². The number of aryl methyl sites for hydroxylation is 2. The highest BCUT2D eigenvalue weighted by Crippen LogP contribution is 2.17. The van der Waals surface area contributed by atoms with Crippen molar-refractivity contribution in [2.24, 2.45) is 0 Å². The van der Waals surface area contributed by atoms with Gasteiger partial charge in [0.15, 0.2) is 0 Å². The van der Waals surface area contributed by atoms with E-state index in [4.69, 9.17) is 5.73 Å². The lowest BCUT2D eigenvalue weighted by atomic mass is 10.3. The summed E-state index contributed by atoms with van der Waals surface area (Å²) in [6.07, 6.45) is 0.353. The standard InChI is InChI=1S/C10H13N5OS2/c1-5-7(17-6(2)13-5)3-8(16)12-4-9-14-15-10(11)18-9/h3-4H2,1-2H3,(H2,11,15)(H,12,16). The van der Waals surface area contributed by atoms with E-state index in [1.54, 1.807) is 11.3 Å². The van der Waals surface area contributed by atoms with Crippen LogP contribution in [0.2, 0.25) is 0 Å². The summed E-state index contributed by atoms with van der Waals surface area (Å²) in [5.74, 6) is -0.0458. The molecule has 0 fully saturated rings. The molecule has 2 aromatic heterocycles. The predicted molar refractivity (Wildman–Crippen MR) is 71.5 cm³/mol. The SMILES string of the molecule is Cc1nc(C)c(CC(=O)NCc2nnc(N)s2)s1. The molecule has 0 saturated carbocycles. The van der Waals surface area contributed by atoms with Crippen LogP contribution in [0, 0.1) is 13.8 Å². The number of hydrogen-bond donors (Lipinski definition) is 2. The summed E-state index contributed by atoms with van der Waals surface area (Å²) in [5.41, 5.74) is 6.38. The number of amides is 1. The van der Waals surface area contributed by atoms with Crippen LogP contribution in [0.25, 0.3) is 0 Å². The molecule has 2 rings (SSSR count). The minimum absolute atomic E-state index is 0.0458. The molecule has 0 atom stereocenters. The van der Waals surface area contributed by atoms with E-state index in [9.17, 15) is 4.79 Å². The molecule has 1 amide bonds. The average Bonchev–Trinajstić information content (AvgIpc) is 2.83. The summed E-state index contributed by atoms with van der Waals surface area (Å²) < 4.78 is 0. The fourth-order valence-electron chi connectivity index (χ4n) is 1.46. The molecule has 0 aliphatic carbocycles. The van der Waals surface area contributed by atoms with Crippen LogP contribution in [0.1, 0.15) is 20.6 Å².